The van der Waals surface area contributed by atoms with Crippen molar-refractivity contribution in [2.45, 2.75) is 58.2 Å². The quantitative estimate of drug-likeness (QED) is 0.617. The van der Waals surface area contributed by atoms with E-state index in [1.165, 1.54) is 0 Å². The second-order valence-corrected chi connectivity index (χ2v) is 9.20. The van der Waals surface area contributed by atoms with E-state index in [1.54, 1.807) is 29.2 Å². The highest BCUT2D eigenvalue weighted by Gasteiger charge is 2.51. The molecule has 5 nitrogen and oxygen atoms in total. The standard InChI is InChI=1S/C15H27N3O2S.C6H4Cl2/c1-4-5-8-18-13(19)12(11(2)3)16-15(18)6-9-17(10-7-15)14(20)21;7-5-1-2-6(8)4-3-5/h11-12,16H,4-10H2,1-3H3,(H,20,21);1-4H. The summed E-state index contributed by atoms with van der Waals surface area (Å²) in [5.41, 5.74) is -0.263. The minimum atomic E-state index is -0.263. The Morgan fingerprint density at radius 2 is 1.72 bits per heavy atom. The molecule has 0 saturated carbocycles. The molecule has 2 aliphatic heterocycles. The van der Waals surface area contributed by atoms with Gasteiger partial charge in [0.2, 0.25) is 5.91 Å². The summed E-state index contributed by atoms with van der Waals surface area (Å²) in [5.74, 6) is 0.509. The number of halogens is 2. The molecule has 29 heavy (non-hydrogen) atoms. The Hall–Kier alpha value is -0.950. The molecule has 0 aromatic heterocycles. The highest BCUT2D eigenvalue weighted by molar-refractivity contribution is 7.96. The molecular weight excluding hydrogens is 429 g/mol. The summed E-state index contributed by atoms with van der Waals surface area (Å²) in [6.45, 7) is 8.44. The Bertz CT molecular complexity index is 671. The number of rotatable bonds is 4. The van der Waals surface area contributed by atoms with Crippen LogP contribution in [0.1, 0.15) is 46.5 Å². The summed E-state index contributed by atoms with van der Waals surface area (Å²) in [6.07, 6.45) is 3.68. The van der Waals surface area contributed by atoms with Gasteiger partial charge >= 0.3 is 0 Å². The van der Waals surface area contributed by atoms with Crippen LogP contribution in [-0.2, 0) is 4.79 Å². The van der Waals surface area contributed by atoms with E-state index in [0.717, 1.165) is 42.3 Å². The van der Waals surface area contributed by atoms with Gasteiger partial charge < -0.3 is 9.80 Å². The fraction of sp³-hybridized carbons (Fsp3) is 0.619. The summed E-state index contributed by atoms with van der Waals surface area (Å²) >= 11 is 15.0. The average molecular weight is 460 g/mol. The third-order valence-corrected chi connectivity index (χ3v) is 6.33. The van der Waals surface area contributed by atoms with E-state index in [9.17, 15) is 9.59 Å². The number of carbonyl (C=O) groups excluding carboxylic acids is 2. The molecule has 2 aliphatic rings. The number of amides is 2. The van der Waals surface area contributed by atoms with Crippen molar-refractivity contribution >= 4 is 47.0 Å². The topological polar surface area (TPSA) is 52.7 Å². The monoisotopic (exact) mass is 459 g/mol. The van der Waals surface area contributed by atoms with E-state index in [0.29, 0.717) is 13.1 Å². The van der Waals surface area contributed by atoms with Crippen molar-refractivity contribution in [1.29, 1.82) is 0 Å². The van der Waals surface area contributed by atoms with Crippen LogP contribution < -0.4 is 5.32 Å². The van der Waals surface area contributed by atoms with Crippen LogP contribution in [-0.4, -0.2) is 52.3 Å². The maximum Gasteiger partial charge on any atom is 0.278 e. The second kappa shape index (κ2) is 10.9. The predicted molar refractivity (Wildman–Crippen MR) is 123 cm³/mol. The summed E-state index contributed by atoms with van der Waals surface area (Å²) in [5, 5.41) is 4.85. The molecule has 2 heterocycles. The minimum absolute atomic E-state index is 0.0971. The van der Waals surface area contributed by atoms with Crippen molar-refractivity contribution in [3.8, 4) is 0 Å². The van der Waals surface area contributed by atoms with Crippen LogP contribution in [0.2, 0.25) is 10.0 Å². The molecule has 1 aromatic rings. The first-order valence-electron chi connectivity index (χ1n) is 10.2. The van der Waals surface area contributed by atoms with E-state index in [4.69, 9.17) is 23.2 Å². The van der Waals surface area contributed by atoms with Crippen LogP contribution in [0.3, 0.4) is 0 Å². The normalized spacial score (nSPS) is 20.8. The fourth-order valence-electron chi connectivity index (χ4n) is 3.81. The summed E-state index contributed by atoms with van der Waals surface area (Å²) in [4.78, 5) is 27.9. The molecule has 2 fully saturated rings. The number of benzene rings is 1. The smallest absolute Gasteiger partial charge is 0.278 e. The van der Waals surface area contributed by atoms with E-state index >= 15 is 0 Å². The van der Waals surface area contributed by atoms with E-state index < -0.39 is 0 Å². The Morgan fingerprint density at radius 1 is 1.21 bits per heavy atom. The number of nitrogens with one attached hydrogen (secondary N) is 1. The van der Waals surface area contributed by atoms with Gasteiger partial charge in [-0.1, -0.05) is 63.0 Å². The van der Waals surface area contributed by atoms with E-state index in [1.807, 2.05) is 4.90 Å². The lowest BCUT2D eigenvalue weighted by atomic mass is 9.95. The van der Waals surface area contributed by atoms with Crippen LogP contribution in [0.15, 0.2) is 24.3 Å². The van der Waals surface area contributed by atoms with Crippen molar-refractivity contribution in [2.75, 3.05) is 19.6 Å². The van der Waals surface area contributed by atoms with E-state index in [2.05, 4.69) is 38.7 Å². The molecule has 162 valence electrons. The zero-order chi connectivity index (χ0) is 21.6. The van der Waals surface area contributed by atoms with Crippen molar-refractivity contribution in [1.82, 2.24) is 15.1 Å². The first-order chi connectivity index (χ1) is 13.7. The molecule has 1 N–H and O–H groups in total. The Labute approximate surface area is 189 Å². The zero-order valence-electron chi connectivity index (χ0n) is 17.3. The highest BCUT2D eigenvalue weighted by Crippen LogP contribution is 2.34. The molecule has 0 bridgehead atoms. The molecule has 0 aliphatic carbocycles. The van der Waals surface area contributed by atoms with Crippen LogP contribution in [0, 0.1) is 5.92 Å². The lowest BCUT2D eigenvalue weighted by Gasteiger charge is -2.44. The van der Waals surface area contributed by atoms with Gasteiger partial charge in [-0.3, -0.25) is 14.9 Å². The molecule has 0 radical (unpaired) electrons. The van der Waals surface area contributed by atoms with Crippen molar-refractivity contribution in [2.24, 2.45) is 5.92 Å². The molecule has 2 amide bonds. The summed E-state index contributed by atoms with van der Waals surface area (Å²) in [7, 11) is 0. The minimum Gasteiger partial charge on any atom is -0.334 e. The number of carbonyl (C=O) groups is 2. The molecule has 3 rings (SSSR count). The Balaban J connectivity index is 0.000000313. The lowest BCUT2D eigenvalue weighted by Crippen LogP contribution is -2.59. The number of nitrogens with zero attached hydrogens (tertiary/aromatic N) is 2. The van der Waals surface area contributed by atoms with Gasteiger partial charge in [-0.15, -0.1) is 0 Å². The SMILES string of the molecule is CCCCN1C(=O)C(C(C)C)NC12CCN(C(=O)S)CC2.Clc1ccc(Cl)cc1. The fourth-order valence-corrected chi connectivity index (χ4v) is 4.26. The highest BCUT2D eigenvalue weighted by atomic mass is 35.5. The van der Waals surface area contributed by atoms with Crippen LogP contribution in [0.5, 0.6) is 0 Å². The molecule has 2 saturated heterocycles. The number of likely N-dealkylation sites (tertiary alicyclic amines) is 1. The number of unbranched alkanes of at least 4 members (excludes halogenated alkanes) is 1. The molecule has 1 spiro atoms. The number of thiol groups is 1. The lowest BCUT2D eigenvalue weighted by molar-refractivity contribution is -0.133. The van der Waals surface area contributed by atoms with Gasteiger partial charge in [-0.2, -0.15) is 0 Å². The van der Waals surface area contributed by atoms with E-state index in [-0.39, 0.29) is 28.8 Å². The van der Waals surface area contributed by atoms with Crippen LogP contribution >= 0.6 is 35.8 Å². The number of piperidine rings is 1. The third-order valence-electron chi connectivity index (χ3n) is 5.54. The van der Waals surface area contributed by atoms with Gasteiger partial charge in [0.1, 0.15) is 0 Å². The summed E-state index contributed by atoms with van der Waals surface area (Å²) < 4.78 is 0. The van der Waals surface area contributed by atoms with Gasteiger partial charge in [0.15, 0.2) is 0 Å². The second-order valence-electron chi connectivity index (χ2n) is 7.95. The van der Waals surface area contributed by atoms with Gasteiger partial charge in [-0.05, 0) is 36.6 Å². The largest absolute Gasteiger partial charge is 0.334 e. The number of hydrogen-bond acceptors (Lipinski definition) is 3. The summed E-state index contributed by atoms with van der Waals surface area (Å²) in [6, 6.07) is 6.92. The maximum atomic E-state index is 12.7. The predicted octanol–water partition coefficient (Wildman–Crippen LogP) is 5.08. The van der Waals surface area contributed by atoms with Crippen molar-refractivity contribution in [3.63, 3.8) is 0 Å². The molecule has 1 unspecified atom stereocenters. The van der Waals surface area contributed by atoms with Crippen molar-refractivity contribution in [3.05, 3.63) is 34.3 Å². The number of hydrogen-bond donors (Lipinski definition) is 2. The molecule has 1 atom stereocenters. The maximum absolute atomic E-state index is 12.7. The van der Waals surface area contributed by atoms with Gasteiger partial charge in [-0.25, -0.2) is 0 Å². The van der Waals surface area contributed by atoms with Crippen molar-refractivity contribution < 1.29 is 9.59 Å². The van der Waals surface area contributed by atoms with Gasteiger partial charge in [0.25, 0.3) is 5.24 Å². The zero-order valence-corrected chi connectivity index (χ0v) is 19.7. The first kappa shape index (κ1) is 24.3. The molecule has 8 heteroatoms. The van der Waals surface area contributed by atoms with Gasteiger partial charge in [0, 0.05) is 42.5 Å². The van der Waals surface area contributed by atoms with Gasteiger partial charge in [0.05, 0.1) is 11.7 Å². The Kier molecular flexibility index (Phi) is 9.14. The molecule has 1 aromatic carbocycles. The first-order valence-corrected chi connectivity index (χ1v) is 11.4. The third kappa shape index (κ3) is 6.27. The Morgan fingerprint density at radius 3 is 2.14 bits per heavy atom. The molecular formula is C21H31Cl2N3O2S. The van der Waals surface area contributed by atoms with Crippen LogP contribution in [0.4, 0.5) is 4.79 Å². The van der Waals surface area contributed by atoms with Crippen LogP contribution in [0.25, 0.3) is 0 Å². The average Bonchev–Trinajstić information content (AvgIpc) is 2.95.